The Morgan fingerprint density at radius 3 is 2.62 bits per heavy atom. The van der Waals surface area contributed by atoms with Crippen LogP contribution in [0.3, 0.4) is 0 Å². The molecule has 0 aromatic heterocycles. The molecule has 0 spiro atoms. The number of carbonyl (C=O) groups is 1. The van der Waals surface area contributed by atoms with E-state index in [1.165, 1.54) is 14.2 Å². The van der Waals surface area contributed by atoms with Crippen molar-refractivity contribution in [2.45, 2.75) is 57.1 Å². The molecular weight excluding hydrogens is 374 g/mol. The Morgan fingerprint density at radius 2 is 2.00 bits per heavy atom. The van der Waals surface area contributed by atoms with E-state index >= 15 is 0 Å². The van der Waals surface area contributed by atoms with Crippen LogP contribution in [0.1, 0.15) is 25.8 Å². The number of nitrogens with zero attached hydrogens (tertiary/aromatic N) is 1. The molecule has 1 fully saturated rings. The van der Waals surface area contributed by atoms with E-state index in [1.807, 2.05) is 30.3 Å². The van der Waals surface area contributed by atoms with Gasteiger partial charge in [-0.05, 0) is 25.8 Å². The van der Waals surface area contributed by atoms with Crippen LogP contribution in [-0.2, 0) is 30.4 Å². The van der Waals surface area contributed by atoms with E-state index in [-0.39, 0.29) is 6.10 Å². The van der Waals surface area contributed by atoms with Crippen LogP contribution in [-0.4, -0.2) is 60.4 Å². The van der Waals surface area contributed by atoms with Crippen LogP contribution in [0.4, 0.5) is 0 Å². The molecule has 0 aliphatic carbocycles. The Balaban J connectivity index is 2.05. The number of likely N-dealkylation sites (N-methyl/N-ethyl adjacent to an activating group) is 1. The first-order chi connectivity index (χ1) is 13.8. The van der Waals surface area contributed by atoms with Crippen molar-refractivity contribution in [1.82, 2.24) is 5.06 Å². The zero-order chi connectivity index (χ0) is 21.4. The third kappa shape index (κ3) is 6.76. The summed E-state index contributed by atoms with van der Waals surface area (Å²) >= 11 is 0. The average molecular weight is 405 g/mol. The number of aliphatic hydroxyl groups is 1. The Morgan fingerprint density at radius 1 is 1.31 bits per heavy atom. The van der Waals surface area contributed by atoms with Crippen molar-refractivity contribution in [3.05, 3.63) is 60.7 Å². The van der Waals surface area contributed by atoms with E-state index in [4.69, 9.17) is 19.0 Å². The number of amides is 1. The molecule has 1 N–H and O–H groups in total. The van der Waals surface area contributed by atoms with E-state index in [0.717, 1.165) is 10.6 Å². The quantitative estimate of drug-likeness (QED) is 0.476. The molecule has 1 saturated heterocycles. The number of hydrogen-bond acceptors (Lipinski definition) is 6. The van der Waals surface area contributed by atoms with Crippen molar-refractivity contribution >= 4 is 5.91 Å². The van der Waals surface area contributed by atoms with Crippen molar-refractivity contribution in [3.8, 4) is 0 Å². The second-order valence-corrected chi connectivity index (χ2v) is 7.27. The highest BCUT2D eigenvalue weighted by molar-refractivity contribution is 5.80. The highest BCUT2D eigenvalue weighted by Gasteiger charge is 2.48. The van der Waals surface area contributed by atoms with Gasteiger partial charge in [0.25, 0.3) is 5.91 Å². The zero-order valence-electron chi connectivity index (χ0n) is 17.5. The third-order valence-corrected chi connectivity index (χ3v) is 4.52. The van der Waals surface area contributed by atoms with Gasteiger partial charge in [0.15, 0.2) is 11.9 Å². The van der Waals surface area contributed by atoms with Crippen LogP contribution >= 0.6 is 0 Å². The fraction of sp³-hybridized carbons (Fsp3) is 0.500. The predicted octanol–water partition coefficient (Wildman–Crippen LogP) is 2.60. The monoisotopic (exact) mass is 405 g/mol. The maximum atomic E-state index is 12.5. The molecule has 0 unspecified atom stereocenters. The Bertz CT molecular complexity index is 690. The first kappa shape index (κ1) is 23.3. The summed E-state index contributed by atoms with van der Waals surface area (Å²) in [5, 5.41) is 11.7. The first-order valence-corrected chi connectivity index (χ1v) is 9.57. The third-order valence-electron chi connectivity index (χ3n) is 4.52. The molecule has 1 amide bonds. The largest absolute Gasteiger partial charge is 0.386 e. The molecule has 1 aliphatic heterocycles. The van der Waals surface area contributed by atoms with Crippen molar-refractivity contribution in [2.24, 2.45) is 0 Å². The number of carbonyl (C=O) groups excluding carboxylic acids is 1. The van der Waals surface area contributed by atoms with Gasteiger partial charge in [0.2, 0.25) is 0 Å². The summed E-state index contributed by atoms with van der Waals surface area (Å²) in [6.45, 7) is 7.59. The number of hydroxylamine groups is 2. The van der Waals surface area contributed by atoms with E-state index in [2.05, 4.69) is 6.58 Å². The topological polar surface area (TPSA) is 77.5 Å². The van der Waals surface area contributed by atoms with Gasteiger partial charge >= 0.3 is 0 Å². The zero-order valence-corrected chi connectivity index (χ0v) is 17.5. The van der Waals surface area contributed by atoms with Crippen molar-refractivity contribution < 1.29 is 28.9 Å². The minimum Gasteiger partial charge on any atom is -0.386 e. The lowest BCUT2D eigenvalue weighted by molar-refractivity contribution is -0.187. The van der Waals surface area contributed by atoms with Crippen LogP contribution in [0.15, 0.2) is 55.1 Å². The average Bonchev–Trinajstić information content (AvgIpc) is 3.05. The number of hydrogen-bond donors (Lipinski definition) is 1. The van der Waals surface area contributed by atoms with Gasteiger partial charge in [-0.1, -0.05) is 48.6 Å². The van der Waals surface area contributed by atoms with Crippen LogP contribution in [0.25, 0.3) is 0 Å². The molecule has 1 aromatic carbocycles. The lowest BCUT2D eigenvalue weighted by Crippen LogP contribution is -2.45. The second-order valence-electron chi connectivity index (χ2n) is 7.27. The highest BCUT2D eigenvalue weighted by Crippen LogP contribution is 2.31. The lowest BCUT2D eigenvalue weighted by Gasteiger charge is -2.23. The minimum absolute atomic E-state index is 0.270. The SMILES string of the molecule is C=CC[C@@H](/C=C/[C@@H](O)[C@H]1OC(C)(C)O[C@@H]1C(=O)N(C)OC)OCc1ccccc1. The van der Waals surface area contributed by atoms with E-state index in [0.29, 0.717) is 13.0 Å². The molecule has 2 rings (SSSR count). The maximum Gasteiger partial charge on any atom is 0.277 e. The molecule has 1 aliphatic rings. The van der Waals surface area contributed by atoms with Gasteiger partial charge in [0.1, 0.15) is 12.2 Å². The van der Waals surface area contributed by atoms with E-state index < -0.39 is 30.0 Å². The lowest BCUT2D eigenvalue weighted by atomic mass is 10.1. The van der Waals surface area contributed by atoms with Gasteiger partial charge in [-0.25, -0.2) is 5.06 Å². The molecule has 1 heterocycles. The molecule has 160 valence electrons. The van der Waals surface area contributed by atoms with Crippen LogP contribution in [0, 0.1) is 0 Å². The van der Waals surface area contributed by atoms with Gasteiger partial charge < -0.3 is 19.3 Å². The fourth-order valence-corrected chi connectivity index (χ4v) is 2.99. The summed E-state index contributed by atoms with van der Waals surface area (Å²) in [6.07, 6.45) is 2.47. The van der Waals surface area contributed by atoms with Gasteiger partial charge in [0.05, 0.1) is 19.8 Å². The Labute approximate surface area is 172 Å². The fourth-order valence-electron chi connectivity index (χ4n) is 2.99. The van der Waals surface area contributed by atoms with Gasteiger partial charge in [-0.2, -0.15) is 0 Å². The Hall–Kier alpha value is -2.03. The van der Waals surface area contributed by atoms with Gasteiger partial charge in [0, 0.05) is 7.05 Å². The van der Waals surface area contributed by atoms with Crippen LogP contribution in [0.2, 0.25) is 0 Å². The normalized spacial score (nSPS) is 23.1. The van der Waals surface area contributed by atoms with Crippen molar-refractivity contribution in [1.29, 1.82) is 0 Å². The second kappa shape index (κ2) is 10.7. The molecule has 0 saturated carbocycles. The summed E-state index contributed by atoms with van der Waals surface area (Å²) in [5.74, 6) is -1.43. The minimum atomic E-state index is -1.07. The van der Waals surface area contributed by atoms with Gasteiger partial charge in [-0.3, -0.25) is 9.63 Å². The van der Waals surface area contributed by atoms with E-state index in [9.17, 15) is 9.90 Å². The maximum absolute atomic E-state index is 12.5. The predicted molar refractivity (Wildman–Crippen MR) is 109 cm³/mol. The smallest absolute Gasteiger partial charge is 0.277 e. The molecule has 29 heavy (non-hydrogen) atoms. The standard InChI is InChI=1S/C22H31NO6/c1-6-10-17(27-15-16-11-8-7-9-12-16)13-14-18(24)19-20(21(25)23(4)26-5)29-22(2,3)28-19/h6-9,11-14,17-20,24H,1,10,15H2,2-5H3/b14-13+/t17-,18+,19+,20-/m0/s1. The summed E-state index contributed by atoms with van der Waals surface area (Å²) < 4.78 is 17.4. The number of aliphatic hydroxyl groups excluding tert-OH is 1. The summed E-state index contributed by atoms with van der Waals surface area (Å²) in [5.41, 5.74) is 1.05. The van der Waals surface area contributed by atoms with Gasteiger partial charge in [-0.15, -0.1) is 6.58 Å². The number of ether oxygens (including phenoxy) is 3. The summed E-state index contributed by atoms with van der Waals surface area (Å²) in [6, 6.07) is 9.82. The molecular formula is C22H31NO6. The number of benzene rings is 1. The molecule has 0 bridgehead atoms. The first-order valence-electron chi connectivity index (χ1n) is 9.57. The summed E-state index contributed by atoms with van der Waals surface area (Å²) in [4.78, 5) is 17.4. The van der Waals surface area contributed by atoms with Crippen molar-refractivity contribution in [2.75, 3.05) is 14.2 Å². The molecule has 1 aromatic rings. The molecule has 7 nitrogen and oxygen atoms in total. The van der Waals surface area contributed by atoms with Crippen LogP contribution < -0.4 is 0 Å². The highest BCUT2D eigenvalue weighted by atomic mass is 16.8. The summed E-state index contributed by atoms with van der Waals surface area (Å²) in [7, 11) is 2.86. The molecule has 0 radical (unpaired) electrons. The van der Waals surface area contributed by atoms with E-state index in [1.54, 1.807) is 32.1 Å². The Kier molecular flexibility index (Phi) is 8.55. The molecule has 7 heteroatoms. The van der Waals surface area contributed by atoms with Crippen molar-refractivity contribution in [3.63, 3.8) is 0 Å². The van der Waals surface area contributed by atoms with Crippen LogP contribution in [0.5, 0.6) is 0 Å². The number of rotatable bonds is 10. The molecule has 4 atom stereocenters.